The number of benzene rings is 1. The fourth-order valence-corrected chi connectivity index (χ4v) is 3.35. The van der Waals surface area contributed by atoms with Gasteiger partial charge in [-0.2, -0.15) is 0 Å². The maximum absolute atomic E-state index is 13.4. The number of nitrogens with zero attached hydrogens (tertiary/aromatic N) is 2. The summed E-state index contributed by atoms with van der Waals surface area (Å²) in [4.78, 5) is 16.7. The number of anilines is 1. The maximum atomic E-state index is 13.4. The Morgan fingerprint density at radius 3 is 2.80 bits per heavy atom. The minimum Gasteiger partial charge on any atom is -0.311 e. The Hall–Kier alpha value is -1.42. The summed E-state index contributed by atoms with van der Waals surface area (Å²) in [6, 6.07) is 6.33. The molecule has 2 unspecified atom stereocenters. The van der Waals surface area contributed by atoms with Crippen LogP contribution in [0.15, 0.2) is 24.3 Å². The van der Waals surface area contributed by atoms with Gasteiger partial charge < -0.3 is 4.90 Å². The van der Waals surface area contributed by atoms with Crippen LogP contribution in [-0.2, 0) is 4.79 Å². The van der Waals surface area contributed by atoms with Crippen molar-refractivity contribution in [2.75, 3.05) is 24.5 Å². The third-order valence-corrected chi connectivity index (χ3v) is 4.43. The molecular formula is C16H21FN2O. The second-order valence-corrected chi connectivity index (χ2v) is 6.02. The minimum atomic E-state index is -0.285. The van der Waals surface area contributed by atoms with Crippen molar-refractivity contribution in [3.05, 3.63) is 30.1 Å². The van der Waals surface area contributed by atoms with Gasteiger partial charge in [0.2, 0.25) is 5.91 Å². The van der Waals surface area contributed by atoms with Crippen LogP contribution in [-0.4, -0.2) is 36.5 Å². The van der Waals surface area contributed by atoms with Crippen LogP contribution in [0.1, 0.15) is 26.2 Å². The van der Waals surface area contributed by atoms with E-state index in [0.29, 0.717) is 18.2 Å². The Labute approximate surface area is 119 Å². The number of carbonyl (C=O) groups excluding carboxylic acids is 1. The largest absolute Gasteiger partial charge is 0.311 e. The van der Waals surface area contributed by atoms with Gasteiger partial charge in [-0.15, -0.1) is 0 Å². The van der Waals surface area contributed by atoms with Crippen LogP contribution in [0.4, 0.5) is 10.1 Å². The van der Waals surface area contributed by atoms with E-state index >= 15 is 0 Å². The molecule has 20 heavy (non-hydrogen) atoms. The van der Waals surface area contributed by atoms with Gasteiger partial charge in [0.25, 0.3) is 0 Å². The Morgan fingerprint density at radius 1 is 1.25 bits per heavy atom. The van der Waals surface area contributed by atoms with Gasteiger partial charge in [-0.25, -0.2) is 4.39 Å². The Kier molecular flexibility index (Phi) is 3.74. The Morgan fingerprint density at radius 2 is 2.10 bits per heavy atom. The van der Waals surface area contributed by atoms with Gasteiger partial charge in [0.05, 0.1) is 6.04 Å². The van der Waals surface area contributed by atoms with Crippen molar-refractivity contribution in [1.82, 2.24) is 4.90 Å². The van der Waals surface area contributed by atoms with Gasteiger partial charge in [0.1, 0.15) is 5.82 Å². The minimum absolute atomic E-state index is 0.0167. The summed E-state index contributed by atoms with van der Waals surface area (Å²) in [6.45, 7) is 4.95. The van der Waals surface area contributed by atoms with E-state index in [0.717, 1.165) is 25.9 Å². The molecule has 0 bridgehead atoms. The van der Waals surface area contributed by atoms with Gasteiger partial charge in [0.15, 0.2) is 0 Å². The number of piperidine rings is 1. The van der Waals surface area contributed by atoms with Crippen LogP contribution in [0.2, 0.25) is 0 Å². The van der Waals surface area contributed by atoms with Gasteiger partial charge in [-0.1, -0.05) is 13.0 Å². The fraction of sp³-hybridized carbons (Fsp3) is 0.562. The Bertz CT molecular complexity index is 505. The van der Waals surface area contributed by atoms with Crippen molar-refractivity contribution in [2.24, 2.45) is 5.92 Å². The zero-order valence-electron chi connectivity index (χ0n) is 11.9. The van der Waals surface area contributed by atoms with E-state index in [9.17, 15) is 9.18 Å². The molecule has 1 amide bonds. The predicted molar refractivity (Wildman–Crippen MR) is 77.1 cm³/mol. The van der Waals surface area contributed by atoms with Crippen molar-refractivity contribution in [2.45, 2.75) is 32.2 Å². The molecule has 1 aromatic carbocycles. The molecule has 2 fully saturated rings. The lowest BCUT2D eigenvalue weighted by Crippen LogP contribution is -2.52. The predicted octanol–water partition coefficient (Wildman–Crippen LogP) is 2.66. The highest BCUT2D eigenvalue weighted by atomic mass is 19.1. The van der Waals surface area contributed by atoms with Crippen molar-refractivity contribution in [3.8, 4) is 0 Å². The molecule has 2 heterocycles. The van der Waals surface area contributed by atoms with Crippen LogP contribution < -0.4 is 4.90 Å². The standard InChI is InChI=1S/C16H21FN2O/c1-12-7-9-18(11-12)15-6-3-8-19(16(15)20)14-5-2-4-13(17)10-14/h2,4-5,10,12,15H,3,6-9,11H2,1H3. The molecule has 0 radical (unpaired) electrons. The maximum Gasteiger partial charge on any atom is 0.244 e. The molecule has 2 aliphatic rings. The average Bonchev–Trinajstić information content (AvgIpc) is 2.85. The summed E-state index contributed by atoms with van der Waals surface area (Å²) in [5.41, 5.74) is 0.687. The van der Waals surface area contributed by atoms with E-state index < -0.39 is 0 Å². The highest BCUT2D eigenvalue weighted by Crippen LogP contribution is 2.27. The first-order valence-electron chi connectivity index (χ1n) is 7.46. The number of hydrogen-bond donors (Lipinski definition) is 0. The molecule has 0 aromatic heterocycles. The van der Waals surface area contributed by atoms with Gasteiger partial charge >= 0.3 is 0 Å². The number of carbonyl (C=O) groups is 1. The van der Waals surface area contributed by atoms with Crippen molar-refractivity contribution in [1.29, 1.82) is 0 Å². The SMILES string of the molecule is CC1CCN(C2CCCN(c3cccc(F)c3)C2=O)C1. The lowest BCUT2D eigenvalue weighted by molar-refractivity contribution is -0.125. The summed E-state index contributed by atoms with van der Waals surface area (Å²) in [6.07, 6.45) is 3.08. The highest BCUT2D eigenvalue weighted by molar-refractivity contribution is 5.97. The van der Waals surface area contributed by atoms with Gasteiger partial charge in [-0.05, 0) is 49.9 Å². The second kappa shape index (κ2) is 5.52. The van der Waals surface area contributed by atoms with Crippen molar-refractivity contribution in [3.63, 3.8) is 0 Å². The van der Waals surface area contributed by atoms with Crippen LogP contribution in [0.3, 0.4) is 0 Å². The summed E-state index contributed by atoms with van der Waals surface area (Å²) in [5.74, 6) is 0.524. The summed E-state index contributed by atoms with van der Waals surface area (Å²) < 4.78 is 13.4. The van der Waals surface area contributed by atoms with E-state index in [-0.39, 0.29) is 17.8 Å². The monoisotopic (exact) mass is 276 g/mol. The molecule has 1 aromatic rings. The van der Waals surface area contributed by atoms with E-state index in [1.54, 1.807) is 11.0 Å². The number of rotatable bonds is 2. The molecular weight excluding hydrogens is 255 g/mol. The quantitative estimate of drug-likeness (QED) is 0.829. The molecule has 0 saturated carbocycles. The van der Waals surface area contributed by atoms with E-state index in [1.807, 2.05) is 6.07 Å². The van der Waals surface area contributed by atoms with E-state index in [1.165, 1.54) is 18.6 Å². The molecule has 0 spiro atoms. The lowest BCUT2D eigenvalue weighted by atomic mass is 10.0. The average molecular weight is 276 g/mol. The lowest BCUT2D eigenvalue weighted by Gasteiger charge is -2.36. The molecule has 0 N–H and O–H groups in total. The van der Waals surface area contributed by atoms with Crippen molar-refractivity contribution >= 4 is 11.6 Å². The molecule has 3 rings (SSSR count). The second-order valence-electron chi connectivity index (χ2n) is 6.02. The van der Waals surface area contributed by atoms with Gasteiger partial charge in [-0.3, -0.25) is 9.69 Å². The van der Waals surface area contributed by atoms with E-state index in [4.69, 9.17) is 0 Å². The summed E-state index contributed by atoms with van der Waals surface area (Å²) in [7, 11) is 0. The molecule has 2 aliphatic heterocycles. The molecule has 108 valence electrons. The number of amides is 1. The third kappa shape index (κ3) is 2.57. The molecule has 0 aliphatic carbocycles. The number of halogens is 1. The smallest absolute Gasteiger partial charge is 0.244 e. The van der Waals surface area contributed by atoms with Crippen LogP contribution in [0, 0.1) is 11.7 Å². The van der Waals surface area contributed by atoms with Crippen LogP contribution >= 0.6 is 0 Å². The van der Waals surface area contributed by atoms with E-state index in [2.05, 4.69) is 11.8 Å². The normalized spacial score (nSPS) is 28.1. The Balaban J connectivity index is 1.78. The topological polar surface area (TPSA) is 23.6 Å². The van der Waals surface area contributed by atoms with Crippen LogP contribution in [0.25, 0.3) is 0 Å². The molecule has 3 nitrogen and oxygen atoms in total. The third-order valence-electron chi connectivity index (χ3n) is 4.43. The molecule has 4 heteroatoms. The number of hydrogen-bond acceptors (Lipinski definition) is 2. The summed E-state index contributed by atoms with van der Waals surface area (Å²) >= 11 is 0. The van der Waals surface area contributed by atoms with Crippen molar-refractivity contribution < 1.29 is 9.18 Å². The molecule has 2 saturated heterocycles. The van der Waals surface area contributed by atoms with Crippen LogP contribution in [0.5, 0.6) is 0 Å². The summed E-state index contributed by atoms with van der Waals surface area (Å²) in [5, 5.41) is 0. The first-order chi connectivity index (χ1) is 9.65. The first kappa shape index (κ1) is 13.6. The zero-order chi connectivity index (χ0) is 14.1. The molecule has 2 atom stereocenters. The highest BCUT2D eigenvalue weighted by Gasteiger charge is 2.36. The first-order valence-corrected chi connectivity index (χ1v) is 7.46. The fourth-order valence-electron chi connectivity index (χ4n) is 3.35. The number of likely N-dealkylation sites (tertiary alicyclic amines) is 1. The van der Waals surface area contributed by atoms with Gasteiger partial charge in [0, 0.05) is 18.8 Å². The zero-order valence-corrected chi connectivity index (χ0v) is 11.9.